The van der Waals surface area contributed by atoms with E-state index in [1.165, 1.54) is 5.06 Å². The molecule has 0 bridgehead atoms. The minimum Gasteiger partial charge on any atom is -0.372 e. The van der Waals surface area contributed by atoms with Crippen LogP contribution in [0.1, 0.15) is 26.7 Å². The van der Waals surface area contributed by atoms with Gasteiger partial charge in [0.25, 0.3) is 0 Å². The van der Waals surface area contributed by atoms with E-state index in [2.05, 4.69) is 20.9 Å². The molecule has 1 N–H and O–H groups in total. The van der Waals surface area contributed by atoms with Gasteiger partial charge in [-0.15, -0.1) is 0 Å². The highest BCUT2D eigenvalue weighted by Gasteiger charge is 2.22. The van der Waals surface area contributed by atoms with Gasteiger partial charge in [0.15, 0.2) is 5.82 Å². The first kappa shape index (κ1) is 14.5. The molecule has 1 heterocycles. The van der Waals surface area contributed by atoms with Crippen molar-refractivity contribution >= 4 is 21.7 Å². The van der Waals surface area contributed by atoms with Crippen LogP contribution in [-0.4, -0.2) is 28.4 Å². The molecule has 0 unspecified atom stereocenters. The van der Waals surface area contributed by atoms with Crippen LogP contribution in [0.3, 0.4) is 0 Å². The van der Waals surface area contributed by atoms with Crippen molar-refractivity contribution in [3.8, 4) is 0 Å². The predicted molar refractivity (Wildman–Crippen MR) is 78.4 cm³/mol. The van der Waals surface area contributed by atoms with Crippen molar-refractivity contribution in [3.63, 3.8) is 0 Å². The summed E-state index contributed by atoms with van der Waals surface area (Å²) >= 11 is 3.33. The first-order chi connectivity index (χ1) is 9.06. The van der Waals surface area contributed by atoms with Crippen molar-refractivity contribution in [2.75, 3.05) is 5.06 Å². The fraction of sp³-hybridized carbons (Fsp3) is 0.500. The third-order valence-corrected chi connectivity index (χ3v) is 3.47. The van der Waals surface area contributed by atoms with Crippen LogP contribution in [0.25, 0.3) is 0 Å². The van der Waals surface area contributed by atoms with Crippen LogP contribution in [-0.2, 0) is 4.74 Å². The number of hydroxylamine groups is 1. The number of halogens is 1. The molecule has 19 heavy (non-hydrogen) atoms. The van der Waals surface area contributed by atoms with Crippen LogP contribution < -0.4 is 5.06 Å². The second-order valence-electron chi connectivity index (χ2n) is 4.93. The second kappa shape index (κ2) is 6.50. The van der Waals surface area contributed by atoms with Crippen molar-refractivity contribution < 1.29 is 9.94 Å². The summed E-state index contributed by atoms with van der Waals surface area (Å²) in [6, 6.07) is 3.61. The lowest BCUT2D eigenvalue weighted by molar-refractivity contribution is 0.0249. The number of nitrogens with zero attached hydrogens (tertiary/aromatic N) is 2. The molecule has 0 spiro atoms. The Balaban J connectivity index is 1.98. The summed E-state index contributed by atoms with van der Waals surface area (Å²) in [5, 5.41) is 11.4. The number of anilines is 1. The normalized spacial score (nSPS) is 22.8. The summed E-state index contributed by atoms with van der Waals surface area (Å²) in [6.07, 6.45) is 7.83. The largest absolute Gasteiger partial charge is 0.372 e. The van der Waals surface area contributed by atoms with Gasteiger partial charge >= 0.3 is 0 Å². The summed E-state index contributed by atoms with van der Waals surface area (Å²) in [7, 11) is 0. The highest BCUT2D eigenvalue weighted by Crippen LogP contribution is 2.23. The van der Waals surface area contributed by atoms with E-state index in [4.69, 9.17) is 4.74 Å². The third kappa shape index (κ3) is 4.03. The zero-order chi connectivity index (χ0) is 13.8. The Kier molecular flexibility index (Phi) is 4.96. The van der Waals surface area contributed by atoms with Gasteiger partial charge in [-0.1, -0.05) is 12.2 Å². The molecule has 0 fully saturated rings. The number of hydrogen-bond donors (Lipinski definition) is 1. The number of ether oxygens (including phenoxy) is 1. The summed E-state index contributed by atoms with van der Waals surface area (Å²) in [5.41, 5.74) is 0. The van der Waals surface area contributed by atoms with E-state index in [0.29, 0.717) is 5.82 Å². The van der Waals surface area contributed by atoms with Crippen LogP contribution >= 0.6 is 15.9 Å². The van der Waals surface area contributed by atoms with Gasteiger partial charge in [0.05, 0.1) is 18.2 Å². The van der Waals surface area contributed by atoms with Crippen LogP contribution in [0, 0.1) is 0 Å². The summed E-state index contributed by atoms with van der Waals surface area (Å²) < 4.78 is 6.63. The van der Waals surface area contributed by atoms with Crippen LogP contribution in [0.2, 0.25) is 0 Å². The van der Waals surface area contributed by atoms with Gasteiger partial charge in [-0.2, -0.15) is 0 Å². The molecule has 0 aliphatic heterocycles. The van der Waals surface area contributed by atoms with E-state index < -0.39 is 0 Å². The summed E-state index contributed by atoms with van der Waals surface area (Å²) in [6.45, 7) is 4.06. The van der Waals surface area contributed by atoms with E-state index in [-0.39, 0.29) is 18.2 Å². The fourth-order valence-corrected chi connectivity index (χ4v) is 2.35. The Morgan fingerprint density at radius 3 is 2.68 bits per heavy atom. The molecule has 2 rings (SSSR count). The molecule has 2 atom stereocenters. The number of hydrogen-bond acceptors (Lipinski definition) is 4. The Morgan fingerprint density at radius 1 is 1.37 bits per heavy atom. The minimum atomic E-state index is -0.0410. The Morgan fingerprint density at radius 2 is 2.16 bits per heavy atom. The van der Waals surface area contributed by atoms with Gasteiger partial charge in [0.1, 0.15) is 0 Å². The predicted octanol–water partition coefficient (Wildman–Crippen LogP) is 3.55. The van der Waals surface area contributed by atoms with Crippen molar-refractivity contribution in [1.82, 2.24) is 4.98 Å². The van der Waals surface area contributed by atoms with Gasteiger partial charge in [-0.05, 0) is 54.8 Å². The van der Waals surface area contributed by atoms with E-state index in [9.17, 15) is 5.21 Å². The molecule has 1 aromatic heterocycles. The van der Waals surface area contributed by atoms with Gasteiger partial charge in [0, 0.05) is 10.7 Å². The highest BCUT2D eigenvalue weighted by atomic mass is 79.9. The molecule has 0 amide bonds. The molecule has 0 saturated heterocycles. The van der Waals surface area contributed by atoms with Crippen molar-refractivity contribution in [2.45, 2.75) is 44.9 Å². The number of rotatable bonds is 4. The van der Waals surface area contributed by atoms with E-state index in [1.807, 2.05) is 32.1 Å². The van der Waals surface area contributed by atoms with Crippen LogP contribution in [0.4, 0.5) is 5.82 Å². The average Bonchev–Trinajstić information content (AvgIpc) is 2.39. The van der Waals surface area contributed by atoms with Gasteiger partial charge in [-0.3, -0.25) is 5.21 Å². The quantitative estimate of drug-likeness (QED) is 0.678. The first-order valence-corrected chi connectivity index (χ1v) is 7.29. The fourth-order valence-electron chi connectivity index (χ4n) is 2.12. The van der Waals surface area contributed by atoms with Crippen LogP contribution in [0.15, 0.2) is 35.0 Å². The van der Waals surface area contributed by atoms with Crippen LogP contribution in [0.5, 0.6) is 0 Å². The molecule has 0 aromatic carbocycles. The topological polar surface area (TPSA) is 45.6 Å². The van der Waals surface area contributed by atoms with E-state index >= 15 is 0 Å². The number of pyridine rings is 1. The van der Waals surface area contributed by atoms with Crippen molar-refractivity contribution in [3.05, 3.63) is 35.0 Å². The molecular formula is C14H19BrN2O2. The third-order valence-electron chi connectivity index (χ3n) is 3.00. The first-order valence-electron chi connectivity index (χ1n) is 6.49. The SMILES string of the molecule is CC(C)O[C@@H]1C=C[C@@H](N(O)c2ccc(Br)cn2)CC1. The smallest absolute Gasteiger partial charge is 0.152 e. The Bertz CT molecular complexity index is 434. The maximum atomic E-state index is 10.2. The lowest BCUT2D eigenvalue weighted by Gasteiger charge is -2.29. The van der Waals surface area contributed by atoms with Gasteiger partial charge in [-0.25, -0.2) is 10.0 Å². The maximum Gasteiger partial charge on any atom is 0.152 e. The molecule has 1 aliphatic rings. The molecule has 0 radical (unpaired) electrons. The molecule has 5 heteroatoms. The number of aromatic nitrogens is 1. The lowest BCUT2D eigenvalue weighted by Crippen LogP contribution is -2.35. The lowest BCUT2D eigenvalue weighted by atomic mass is 10.00. The maximum absolute atomic E-state index is 10.2. The molecule has 1 aromatic rings. The average molecular weight is 327 g/mol. The van der Waals surface area contributed by atoms with Crippen molar-refractivity contribution in [1.29, 1.82) is 0 Å². The summed E-state index contributed by atoms with van der Waals surface area (Å²) in [4.78, 5) is 4.18. The zero-order valence-electron chi connectivity index (χ0n) is 11.2. The Labute approximate surface area is 122 Å². The second-order valence-corrected chi connectivity index (χ2v) is 5.85. The standard InChI is InChI=1S/C14H19BrN2O2/c1-10(2)19-13-6-4-12(5-7-13)17(18)14-8-3-11(15)9-16-14/h3-4,6,8-10,12-13,18H,5,7H2,1-2H3/t12-,13-/m1/s1. The zero-order valence-corrected chi connectivity index (χ0v) is 12.7. The van der Waals surface area contributed by atoms with E-state index in [0.717, 1.165) is 17.3 Å². The minimum absolute atomic E-state index is 0.0410. The molecule has 104 valence electrons. The monoisotopic (exact) mass is 326 g/mol. The summed E-state index contributed by atoms with van der Waals surface area (Å²) in [5.74, 6) is 0.557. The molecular weight excluding hydrogens is 308 g/mol. The van der Waals surface area contributed by atoms with E-state index in [1.54, 1.807) is 12.3 Å². The Hall–Kier alpha value is -0.910. The highest BCUT2D eigenvalue weighted by molar-refractivity contribution is 9.10. The molecule has 4 nitrogen and oxygen atoms in total. The molecule has 0 saturated carbocycles. The van der Waals surface area contributed by atoms with Crippen molar-refractivity contribution in [2.24, 2.45) is 0 Å². The van der Waals surface area contributed by atoms with Gasteiger partial charge in [0.2, 0.25) is 0 Å². The molecule has 1 aliphatic carbocycles. The van der Waals surface area contributed by atoms with Gasteiger partial charge < -0.3 is 4.74 Å².